The molecule has 0 aliphatic carbocycles. The second-order valence-corrected chi connectivity index (χ2v) is 9.28. The van der Waals surface area contributed by atoms with E-state index in [1.165, 1.54) is 24.3 Å². The van der Waals surface area contributed by atoms with E-state index < -0.39 is 15.9 Å². The highest BCUT2D eigenvalue weighted by molar-refractivity contribution is 7.89. The lowest BCUT2D eigenvalue weighted by Crippen LogP contribution is -2.34. The fraction of sp³-hybridized carbons (Fsp3) is 0.364. The molecule has 2 amide bonds. The maximum atomic E-state index is 12.5. The first-order valence-corrected chi connectivity index (χ1v) is 11.6. The molecule has 9 heteroatoms. The van der Waals surface area contributed by atoms with Crippen LogP contribution >= 0.6 is 0 Å². The zero-order valence-corrected chi connectivity index (χ0v) is 18.4. The predicted molar refractivity (Wildman–Crippen MR) is 117 cm³/mol. The molecule has 1 atom stereocenters. The van der Waals surface area contributed by atoms with Crippen molar-refractivity contribution in [1.29, 1.82) is 0 Å². The van der Waals surface area contributed by atoms with Crippen molar-refractivity contribution in [1.82, 2.24) is 10.0 Å². The molecule has 1 saturated heterocycles. The summed E-state index contributed by atoms with van der Waals surface area (Å²) in [6.45, 7) is 4.37. The largest absolute Gasteiger partial charge is 0.377 e. The van der Waals surface area contributed by atoms with Crippen LogP contribution in [0.15, 0.2) is 47.4 Å². The van der Waals surface area contributed by atoms with Gasteiger partial charge in [0.1, 0.15) is 0 Å². The van der Waals surface area contributed by atoms with E-state index in [2.05, 4.69) is 15.4 Å². The standard InChI is InChI=1S/C22H27N3O5S/c1-15-6-3-7-16(2)21(15)25-20(26)14-23-22(27)17-8-4-10-19(12-17)31(28,29)24-13-18-9-5-11-30-18/h3-4,6-8,10,12,18,24H,5,9,11,13-14H2,1-2H3,(H,23,27)(H,25,26)/t18-/m1/s1. The van der Waals surface area contributed by atoms with Crippen LogP contribution in [0.4, 0.5) is 5.69 Å². The van der Waals surface area contributed by atoms with Gasteiger partial charge in [-0.15, -0.1) is 0 Å². The Balaban J connectivity index is 1.58. The summed E-state index contributed by atoms with van der Waals surface area (Å²) in [7, 11) is -3.77. The molecule has 0 unspecified atom stereocenters. The number of ether oxygens (including phenoxy) is 1. The van der Waals surface area contributed by atoms with Crippen molar-refractivity contribution in [2.24, 2.45) is 0 Å². The van der Waals surface area contributed by atoms with Gasteiger partial charge in [0, 0.05) is 24.4 Å². The van der Waals surface area contributed by atoms with E-state index in [1.807, 2.05) is 32.0 Å². The fourth-order valence-electron chi connectivity index (χ4n) is 3.35. The van der Waals surface area contributed by atoms with Gasteiger partial charge in [-0.05, 0) is 56.0 Å². The van der Waals surface area contributed by atoms with Gasteiger partial charge in [0.15, 0.2) is 0 Å². The third-order valence-corrected chi connectivity index (χ3v) is 6.51. The van der Waals surface area contributed by atoms with Gasteiger partial charge < -0.3 is 15.4 Å². The van der Waals surface area contributed by atoms with Crippen LogP contribution in [0.5, 0.6) is 0 Å². The first kappa shape index (κ1) is 22.9. The Morgan fingerprint density at radius 1 is 1.10 bits per heavy atom. The summed E-state index contributed by atoms with van der Waals surface area (Å²) in [5.41, 5.74) is 2.72. The average Bonchev–Trinajstić information content (AvgIpc) is 3.27. The van der Waals surface area contributed by atoms with Crippen molar-refractivity contribution in [2.45, 2.75) is 37.7 Å². The molecular weight excluding hydrogens is 418 g/mol. The summed E-state index contributed by atoms with van der Waals surface area (Å²) in [5.74, 6) is -0.902. The van der Waals surface area contributed by atoms with Gasteiger partial charge in [-0.1, -0.05) is 24.3 Å². The molecule has 0 bridgehead atoms. The minimum atomic E-state index is -3.77. The Kier molecular flexibility index (Phi) is 7.42. The van der Waals surface area contributed by atoms with E-state index >= 15 is 0 Å². The number of carbonyl (C=O) groups is 2. The minimum absolute atomic E-state index is 0.0156. The molecule has 1 fully saturated rings. The number of rotatable bonds is 8. The maximum Gasteiger partial charge on any atom is 0.251 e. The summed E-state index contributed by atoms with van der Waals surface area (Å²) in [6.07, 6.45) is 1.60. The van der Waals surface area contributed by atoms with Gasteiger partial charge in [-0.3, -0.25) is 9.59 Å². The summed E-state index contributed by atoms with van der Waals surface area (Å²) in [6, 6.07) is 11.4. The molecule has 3 rings (SSSR count). The third kappa shape index (κ3) is 6.13. The van der Waals surface area contributed by atoms with E-state index in [4.69, 9.17) is 4.74 Å². The lowest BCUT2D eigenvalue weighted by molar-refractivity contribution is -0.115. The number of hydrogen-bond donors (Lipinski definition) is 3. The molecule has 0 aromatic heterocycles. The van der Waals surface area contributed by atoms with Gasteiger partial charge in [-0.2, -0.15) is 0 Å². The molecule has 1 aliphatic rings. The van der Waals surface area contributed by atoms with Crippen molar-refractivity contribution < 1.29 is 22.7 Å². The number of hydrogen-bond acceptors (Lipinski definition) is 5. The van der Waals surface area contributed by atoms with Crippen molar-refractivity contribution in [2.75, 3.05) is 25.0 Å². The van der Waals surface area contributed by atoms with Crippen LogP contribution in [0.2, 0.25) is 0 Å². The highest BCUT2D eigenvalue weighted by Crippen LogP contribution is 2.19. The van der Waals surface area contributed by atoms with Crippen molar-refractivity contribution in [3.05, 3.63) is 59.2 Å². The highest BCUT2D eigenvalue weighted by Gasteiger charge is 2.21. The zero-order chi connectivity index (χ0) is 22.4. The molecule has 8 nitrogen and oxygen atoms in total. The molecule has 0 radical (unpaired) electrons. The van der Waals surface area contributed by atoms with Crippen molar-refractivity contribution in [3.63, 3.8) is 0 Å². The first-order chi connectivity index (χ1) is 14.8. The molecule has 2 aromatic carbocycles. The van der Waals surface area contributed by atoms with Crippen LogP contribution in [-0.2, 0) is 19.6 Å². The van der Waals surface area contributed by atoms with Crippen LogP contribution < -0.4 is 15.4 Å². The Morgan fingerprint density at radius 2 is 1.81 bits per heavy atom. The molecule has 0 saturated carbocycles. The highest BCUT2D eigenvalue weighted by atomic mass is 32.2. The fourth-order valence-corrected chi connectivity index (χ4v) is 4.47. The number of para-hydroxylation sites is 1. The average molecular weight is 446 g/mol. The number of benzene rings is 2. The minimum Gasteiger partial charge on any atom is -0.377 e. The SMILES string of the molecule is Cc1cccc(C)c1NC(=O)CNC(=O)c1cccc(S(=O)(=O)NC[C@H]2CCCO2)c1. The summed E-state index contributed by atoms with van der Waals surface area (Å²) in [4.78, 5) is 24.7. The van der Waals surface area contributed by atoms with E-state index in [0.29, 0.717) is 12.3 Å². The van der Waals surface area contributed by atoms with E-state index in [9.17, 15) is 18.0 Å². The number of aryl methyl sites for hydroxylation is 2. The molecule has 166 valence electrons. The third-order valence-electron chi connectivity index (χ3n) is 5.09. The molecule has 2 aromatic rings. The van der Waals surface area contributed by atoms with Crippen molar-refractivity contribution >= 4 is 27.5 Å². The zero-order valence-electron chi connectivity index (χ0n) is 17.6. The monoisotopic (exact) mass is 445 g/mol. The Labute approximate surface area is 182 Å². The topological polar surface area (TPSA) is 114 Å². The lowest BCUT2D eigenvalue weighted by Gasteiger charge is -2.13. The summed E-state index contributed by atoms with van der Waals surface area (Å²) in [5, 5.41) is 5.32. The molecule has 1 aliphatic heterocycles. The quantitative estimate of drug-likeness (QED) is 0.576. The Morgan fingerprint density at radius 3 is 2.48 bits per heavy atom. The van der Waals surface area contributed by atoms with Gasteiger partial charge in [0.05, 0.1) is 17.5 Å². The second kappa shape index (κ2) is 10.0. The second-order valence-electron chi connectivity index (χ2n) is 7.51. The molecule has 31 heavy (non-hydrogen) atoms. The van der Waals surface area contributed by atoms with Crippen LogP contribution in [0.3, 0.4) is 0 Å². The maximum absolute atomic E-state index is 12.5. The Hall–Kier alpha value is -2.75. The van der Waals surface area contributed by atoms with Crippen LogP contribution in [-0.4, -0.2) is 46.0 Å². The van der Waals surface area contributed by atoms with Crippen LogP contribution in [0, 0.1) is 13.8 Å². The summed E-state index contributed by atoms with van der Waals surface area (Å²) < 4.78 is 33.0. The lowest BCUT2D eigenvalue weighted by atomic mass is 10.1. The molecule has 1 heterocycles. The smallest absolute Gasteiger partial charge is 0.251 e. The first-order valence-electron chi connectivity index (χ1n) is 10.1. The molecule has 3 N–H and O–H groups in total. The van der Waals surface area contributed by atoms with Gasteiger partial charge in [0.25, 0.3) is 5.91 Å². The number of anilines is 1. The number of amides is 2. The van der Waals surface area contributed by atoms with E-state index in [0.717, 1.165) is 24.0 Å². The number of nitrogens with one attached hydrogen (secondary N) is 3. The van der Waals surface area contributed by atoms with Gasteiger partial charge >= 0.3 is 0 Å². The number of sulfonamides is 1. The van der Waals surface area contributed by atoms with Crippen LogP contribution in [0.25, 0.3) is 0 Å². The van der Waals surface area contributed by atoms with E-state index in [1.54, 1.807) is 0 Å². The normalized spacial score (nSPS) is 16.1. The van der Waals surface area contributed by atoms with Gasteiger partial charge in [0.2, 0.25) is 15.9 Å². The summed E-state index contributed by atoms with van der Waals surface area (Å²) >= 11 is 0. The van der Waals surface area contributed by atoms with Gasteiger partial charge in [-0.25, -0.2) is 13.1 Å². The van der Waals surface area contributed by atoms with E-state index in [-0.39, 0.29) is 35.6 Å². The molecule has 0 spiro atoms. The predicted octanol–water partition coefficient (Wildman–Crippen LogP) is 2.13. The number of carbonyl (C=O) groups excluding carboxylic acids is 2. The molecular formula is C22H27N3O5S. The Bertz CT molecular complexity index is 1040. The van der Waals surface area contributed by atoms with Crippen LogP contribution in [0.1, 0.15) is 34.3 Å². The van der Waals surface area contributed by atoms with Crippen molar-refractivity contribution in [3.8, 4) is 0 Å².